The normalized spacial score (nSPS) is 10.2. The van der Waals surface area contributed by atoms with E-state index >= 15 is 0 Å². The molecule has 0 unspecified atom stereocenters. The van der Waals surface area contributed by atoms with Gasteiger partial charge in [0.25, 0.3) is 0 Å². The van der Waals surface area contributed by atoms with Gasteiger partial charge in [-0.15, -0.1) is 0 Å². The second-order valence-electron chi connectivity index (χ2n) is 4.21. The molecule has 0 atom stereocenters. The fourth-order valence-electron chi connectivity index (χ4n) is 1.80. The van der Waals surface area contributed by atoms with E-state index < -0.39 is 0 Å². The Morgan fingerprint density at radius 3 is 2.65 bits per heavy atom. The number of aryl methyl sites for hydroxylation is 2. The van der Waals surface area contributed by atoms with E-state index in [4.69, 9.17) is 0 Å². The van der Waals surface area contributed by atoms with Crippen LogP contribution in [-0.4, -0.2) is 10.8 Å². The maximum Gasteiger partial charge on any atom is 0.167 e. The van der Waals surface area contributed by atoms with E-state index in [1.54, 1.807) is 12.3 Å². The van der Waals surface area contributed by atoms with Gasteiger partial charge in [0.1, 0.15) is 0 Å². The third-order valence-corrected chi connectivity index (χ3v) is 2.83. The van der Waals surface area contributed by atoms with Gasteiger partial charge >= 0.3 is 0 Å². The van der Waals surface area contributed by atoms with Gasteiger partial charge in [0.05, 0.1) is 0 Å². The summed E-state index contributed by atoms with van der Waals surface area (Å²) in [6.45, 7) is 3.92. The quantitative estimate of drug-likeness (QED) is 0.751. The smallest absolute Gasteiger partial charge is 0.167 e. The molecule has 1 aromatic carbocycles. The SMILES string of the molecule is Cc1cc(C(=O)Cc2ccccc2C)ccn1. The van der Waals surface area contributed by atoms with Crippen molar-refractivity contribution in [1.82, 2.24) is 4.98 Å². The van der Waals surface area contributed by atoms with Crippen molar-refractivity contribution in [2.75, 3.05) is 0 Å². The minimum atomic E-state index is 0.143. The van der Waals surface area contributed by atoms with Crippen molar-refractivity contribution < 1.29 is 4.79 Å². The van der Waals surface area contributed by atoms with Gasteiger partial charge in [-0.1, -0.05) is 24.3 Å². The van der Waals surface area contributed by atoms with Crippen molar-refractivity contribution in [1.29, 1.82) is 0 Å². The molecule has 86 valence electrons. The van der Waals surface area contributed by atoms with Gasteiger partial charge in [0, 0.05) is 23.9 Å². The first-order valence-corrected chi connectivity index (χ1v) is 5.67. The number of ketones is 1. The van der Waals surface area contributed by atoms with Crippen LogP contribution in [0.15, 0.2) is 42.6 Å². The maximum atomic E-state index is 12.1. The number of pyridine rings is 1. The monoisotopic (exact) mass is 225 g/mol. The van der Waals surface area contributed by atoms with Crippen LogP contribution in [0.5, 0.6) is 0 Å². The third kappa shape index (κ3) is 2.78. The number of carbonyl (C=O) groups is 1. The molecule has 2 rings (SSSR count). The Hall–Kier alpha value is -1.96. The van der Waals surface area contributed by atoms with E-state index in [1.165, 1.54) is 0 Å². The number of hydrogen-bond acceptors (Lipinski definition) is 2. The minimum absolute atomic E-state index is 0.143. The van der Waals surface area contributed by atoms with Gasteiger partial charge in [-0.3, -0.25) is 9.78 Å². The van der Waals surface area contributed by atoms with Crippen LogP contribution >= 0.6 is 0 Å². The molecule has 0 aliphatic heterocycles. The summed E-state index contributed by atoms with van der Waals surface area (Å²) < 4.78 is 0. The summed E-state index contributed by atoms with van der Waals surface area (Å²) >= 11 is 0. The van der Waals surface area contributed by atoms with Crippen LogP contribution in [-0.2, 0) is 6.42 Å². The average molecular weight is 225 g/mol. The molecular weight excluding hydrogens is 210 g/mol. The van der Waals surface area contributed by atoms with Crippen molar-refractivity contribution in [3.63, 3.8) is 0 Å². The van der Waals surface area contributed by atoms with Gasteiger partial charge < -0.3 is 0 Å². The van der Waals surface area contributed by atoms with E-state index in [2.05, 4.69) is 4.98 Å². The lowest BCUT2D eigenvalue weighted by molar-refractivity contribution is 0.0992. The molecule has 2 heteroatoms. The third-order valence-electron chi connectivity index (χ3n) is 2.83. The Morgan fingerprint density at radius 2 is 1.94 bits per heavy atom. The molecule has 0 aliphatic carbocycles. The first kappa shape index (κ1) is 11.5. The second-order valence-corrected chi connectivity index (χ2v) is 4.21. The molecule has 17 heavy (non-hydrogen) atoms. The summed E-state index contributed by atoms with van der Waals surface area (Å²) in [6, 6.07) is 11.6. The highest BCUT2D eigenvalue weighted by atomic mass is 16.1. The zero-order valence-corrected chi connectivity index (χ0v) is 10.1. The zero-order chi connectivity index (χ0) is 12.3. The van der Waals surface area contributed by atoms with Crippen LogP contribution in [0.4, 0.5) is 0 Å². The predicted molar refractivity (Wildman–Crippen MR) is 68.2 cm³/mol. The molecule has 0 fully saturated rings. The largest absolute Gasteiger partial charge is 0.294 e. The molecule has 0 saturated carbocycles. The standard InChI is InChI=1S/C15H15NO/c1-11-5-3-4-6-13(11)10-15(17)14-7-8-16-12(2)9-14/h3-9H,10H2,1-2H3. The van der Waals surface area contributed by atoms with Crippen molar-refractivity contribution in [2.24, 2.45) is 0 Å². The summed E-state index contributed by atoms with van der Waals surface area (Å²) in [5.74, 6) is 0.143. The minimum Gasteiger partial charge on any atom is -0.294 e. The Kier molecular flexibility index (Phi) is 3.33. The van der Waals surface area contributed by atoms with E-state index in [0.717, 1.165) is 22.4 Å². The summed E-state index contributed by atoms with van der Waals surface area (Å²) in [5, 5.41) is 0. The molecule has 2 aromatic rings. The number of benzene rings is 1. The lowest BCUT2D eigenvalue weighted by atomic mass is 10.00. The Morgan fingerprint density at radius 1 is 1.18 bits per heavy atom. The van der Waals surface area contributed by atoms with Crippen molar-refractivity contribution >= 4 is 5.78 Å². The fourth-order valence-corrected chi connectivity index (χ4v) is 1.80. The molecule has 0 aliphatic rings. The van der Waals surface area contributed by atoms with Crippen LogP contribution < -0.4 is 0 Å². The highest BCUT2D eigenvalue weighted by Crippen LogP contribution is 2.11. The van der Waals surface area contributed by atoms with Crippen molar-refractivity contribution in [2.45, 2.75) is 20.3 Å². The first-order chi connectivity index (χ1) is 8.16. The second kappa shape index (κ2) is 4.91. The predicted octanol–water partition coefficient (Wildman–Crippen LogP) is 3.12. The maximum absolute atomic E-state index is 12.1. The molecule has 2 nitrogen and oxygen atoms in total. The van der Waals surface area contributed by atoms with E-state index in [1.807, 2.05) is 44.2 Å². The summed E-state index contributed by atoms with van der Waals surface area (Å²) in [4.78, 5) is 16.2. The van der Waals surface area contributed by atoms with Crippen LogP contribution in [0.3, 0.4) is 0 Å². The number of hydrogen-bond donors (Lipinski definition) is 0. The summed E-state index contributed by atoms with van der Waals surface area (Å²) in [7, 11) is 0. The molecule has 0 spiro atoms. The molecule has 0 saturated heterocycles. The van der Waals surface area contributed by atoms with Crippen LogP contribution in [0, 0.1) is 13.8 Å². The Labute approximate surface area is 101 Å². The number of aromatic nitrogens is 1. The van der Waals surface area contributed by atoms with E-state index in [9.17, 15) is 4.79 Å². The molecule has 0 radical (unpaired) electrons. The lowest BCUT2D eigenvalue weighted by Gasteiger charge is -2.05. The first-order valence-electron chi connectivity index (χ1n) is 5.67. The lowest BCUT2D eigenvalue weighted by Crippen LogP contribution is -2.05. The molecule has 0 amide bonds. The molecule has 0 N–H and O–H groups in total. The molecule has 1 heterocycles. The molecular formula is C15H15NO. The van der Waals surface area contributed by atoms with Gasteiger partial charge in [-0.05, 0) is 37.1 Å². The van der Waals surface area contributed by atoms with Gasteiger partial charge in [-0.2, -0.15) is 0 Å². The van der Waals surface area contributed by atoms with Gasteiger partial charge in [0.2, 0.25) is 0 Å². The summed E-state index contributed by atoms with van der Waals surface area (Å²) in [6.07, 6.45) is 2.14. The zero-order valence-electron chi connectivity index (χ0n) is 10.1. The number of rotatable bonds is 3. The van der Waals surface area contributed by atoms with E-state index in [0.29, 0.717) is 6.42 Å². The highest BCUT2D eigenvalue weighted by molar-refractivity contribution is 5.97. The van der Waals surface area contributed by atoms with E-state index in [-0.39, 0.29) is 5.78 Å². The van der Waals surface area contributed by atoms with Crippen LogP contribution in [0.2, 0.25) is 0 Å². The highest BCUT2D eigenvalue weighted by Gasteiger charge is 2.08. The number of nitrogens with zero attached hydrogens (tertiary/aromatic N) is 1. The van der Waals surface area contributed by atoms with Crippen LogP contribution in [0.25, 0.3) is 0 Å². The fraction of sp³-hybridized carbons (Fsp3) is 0.200. The Balaban J connectivity index is 2.20. The topological polar surface area (TPSA) is 30.0 Å². The summed E-state index contributed by atoms with van der Waals surface area (Å²) in [5.41, 5.74) is 3.86. The van der Waals surface area contributed by atoms with Gasteiger partial charge in [0.15, 0.2) is 5.78 Å². The van der Waals surface area contributed by atoms with Gasteiger partial charge in [-0.25, -0.2) is 0 Å². The number of carbonyl (C=O) groups excluding carboxylic acids is 1. The number of Topliss-reactive ketones (excluding diaryl/α,β-unsaturated/α-hetero) is 1. The molecule has 0 bridgehead atoms. The molecule has 1 aromatic heterocycles. The van der Waals surface area contributed by atoms with Crippen molar-refractivity contribution in [3.05, 3.63) is 65.0 Å². The average Bonchev–Trinajstić information content (AvgIpc) is 2.32. The van der Waals surface area contributed by atoms with Crippen LogP contribution in [0.1, 0.15) is 27.2 Å². The van der Waals surface area contributed by atoms with Crippen molar-refractivity contribution in [3.8, 4) is 0 Å². The Bertz CT molecular complexity index is 546.